The standard InChI is InChI=1S/C11H17F3N2OS/c1-8(2)3-15-4-9-6-18-10(16-9)5-17-7-11(12,13)14/h6,8,15H,3-5,7H2,1-2H3. The van der Waals surface area contributed by atoms with Gasteiger partial charge in [0.25, 0.3) is 0 Å². The van der Waals surface area contributed by atoms with Crippen LogP contribution in [-0.2, 0) is 17.9 Å². The maximum atomic E-state index is 11.9. The van der Waals surface area contributed by atoms with E-state index in [4.69, 9.17) is 0 Å². The van der Waals surface area contributed by atoms with Crippen molar-refractivity contribution in [2.45, 2.75) is 33.2 Å². The van der Waals surface area contributed by atoms with Crippen molar-refractivity contribution >= 4 is 11.3 Å². The molecule has 0 saturated heterocycles. The van der Waals surface area contributed by atoms with Gasteiger partial charge in [0.1, 0.15) is 11.6 Å². The minimum Gasteiger partial charge on any atom is -0.365 e. The van der Waals surface area contributed by atoms with Crippen LogP contribution in [0.5, 0.6) is 0 Å². The normalized spacial score (nSPS) is 12.3. The zero-order valence-electron chi connectivity index (χ0n) is 10.4. The SMILES string of the molecule is CC(C)CNCc1csc(COCC(F)(F)F)n1. The van der Waals surface area contributed by atoms with Crippen LogP contribution in [0.25, 0.3) is 0 Å². The smallest absolute Gasteiger partial charge is 0.365 e. The van der Waals surface area contributed by atoms with Gasteiger partial charge in [-0.1, -0.05) is 13.8 Å². The maximum absolute atomic E-state index is 11.9. The summed E-state index contributed by atoms with van der Waals surface area (Å²) in [5, 5.41) is 5.62. The molecule has 1 rings (SSSR count). The van der Waals surface area contributed by atoms with E-state index in [-0.39, 0.29) is 6.61 Å². The van der Waals surface area contributed by atoms with Gasteiger partial charge in [0.05, 0.1) is 12.3 Å². The van der Waals surface area contributed by atoms with Crippen molar-refractivity contribution in [1.82, 2.24) is 10.3 Å². The van der Waals surface area contributed by atoms with Crippen molar-refractivity contribution in [3.05, 3.63) is 16.1 Å². The molecule has 18 heavy (non-hydrogen) atoms. The number of aromatic nitrogens is 1. The van der Waals surface area contributed by atoms with E-state index in [9.17, 15) is 13.2 Å². The molecule has 0 amide bonds. The monoisotopic (exact) mass is 282 g/mol. The Morgan fingerprint density at radius 3 is 2.78 bits per heavy atom. The van der Waals surface area contributed by atoms with E-state index >= 15 is 0 Å². The zero-order valence-corrected chi connectivity index (χ0v) is 11.2. The van der Waals surface area contributed by atoms with Crippen LogP contribution in [0.15, 0.2) is 5.38 Å². The lowest BCUT2D eigenvalue weighted by atomic mass is 10.2. The molecule has 0 aliphatic heterocycles. The summed E-state index contributed by atoms with van der Waals surface area (Å²) in [6, 6.07) is 0. The van der Waals surface area contributed by atoms with Gasteiger partial charge in [0.2, 0.25) is 0 Å². The number of rotatable bonds is 7. The lowest BCUT2D eigenvalue weighted by molar-refractivity contribution is -0.176. The van der Waals surface area contributed by atoms with Gasteiger partial charge >= 0.3 is 6.18 Å². The molecule has 1 heterocycles. The Balaban J connectivity index is 2.26. The second-order valence-electron chi connectivity index (χ2n) is 4.37. The predicted octanol–water partition coefficient (Wildman–Crippen LogP) is 2.97. The number of nitrogens with zero attached hydrogens (tertiary/aromatic N) is 1. The molecule has 0 fully saturated rings. The zero-order chi connectivity index (χ0) is 13.6. The molecule has 1 aromatic heterocycles. The number of ether oxygens (including phenoxy) is 1. The Kier molecular flexibility index (Phi) is 6.04. The van der Waals surface area contributed by atoms with E-state index in [1.807, 2.05) is 5.38 Å². The predicted molar refractivity (Wildman–Crippen MR) is 64.4 cm³/mol. The third-order valence-electron chi connectivity index (χ3n) is 1.95. The molecule has 104 valence electrons. The molecular formula is C11H17F3N2OS. The van der Waals surface area contributed by atoms with Crippen LogP contribution >= 0.6 is 11.3 Å². The fourth-order valence-corrected chi connectivity index (χ4v) is 1.97. The number of alkyl halides is 3. The van der Waals surface area contributed by atoms with Crippen molar-refractivity contribution in [2.24, 2.45) is 5.92 Å². The van der Waals surface area contributed by atoms with Crippen molar-refractivity contribution in [1.29, 1.82) is 0 Å². The Labute approximate surface area is 108 Å². The highest BCUT2D eigenvalue weighted by atomic mass is 32.1. The van der Waals surface area contributed by atoms with Crippen LogP contribution in [0.1, 0.15) is 24.5 Å². The van der Waals surface area contributed by atoms with Crippen molar-refractivity contribution in [3.63, 3.8) is 0 Å². The van der Waals surface area contributed by atoms with Crippen LogP contribution in [0.3, 0.4) is 0 Å². The first kappa shape index (κ1) is 15.4. The summed E-state index contributed by atoms with van der Waals surface area (Å²) in [4.78, 5) is 4.19. The average molecular weight is 282 g/mol. The fourth-order valence-electron chi connectivity index (χ4n) is 1.24. The van der Waals surface area contributed by atoms with E-state index in [0.29, 0.717) is 17.5 Å². The number of hydrogen-bond acceptors (Lipinski definition) is 4. The first-order chi connectivity index (χ1) is 8.37. The van der Waals surface area contributed by atoms with Gasteiger partial charge in [-0.15, -0.1) is 11.3 Å². The van der Waals surface area contributed by atoms with Gasteiger partial charge < -0.3 is 10.1 Å². The van der Waals surface area contributed by atoms with Gasteiger partial charge in [-0.05, 0) is 12.5 Å². The van der Waals surface area contributed by atoms with Gasteiger partial charge in [-0.25, -0.2) is 4.98 Å². The molecule has 0 spiro atoms. The summed E-state index contributed by atoms with van der Waals surface area (Å²) in [6.07, 6.45) is -4.28. The van der Waals surface area contributed by atoms with Crippen LogP contribution in [0.4, 0.5) is 13.2 Å². The molecule has 0 aliphatic carbocycles. The molecule has 0 unspecified atom stereocenters. The van der Waals surface area contributed by atoms with Crippen LogP contribution in [0.2, 0.25) is 0 Å². The summed E-state index contributed by atoms with van der Waals surface area (Å²) in [7, 11) is 0. The molecule has 7 heteroatoms. The third kappa shape index (κ3) is 6.93. The van der Waals surface area contributed by atoms with Crippen LogP contribution < -0.4 is 5.32 Å². The van der Waals surface area contributed by atoms with Crippen LogP contribution in [0, 0.1) is 5.92 Å². The highest BCUT2D eigenvalue weighted by Crippen LogP contribution is 2.17. The first-order valence-electron chi connectivity index (χ1n) is 5.65. The second kappa shape index (κ2) is 7.06. The molecule has 0 aliphatic rings. The van der Waals surface area contributed by atoms with E-state index in [2.05, 4.69) is 28.9 Å². The van der Waals surface area contributed by atoms with E-state index in [0.717, 1.165) is 12.2 Å². The molecule has 0 aromatic carbocycles. The summed E-state index contributed by atoms with van der Waals surface area (Å²) in [5.41, 5.74) is 0.839. The maximum Gasteiger partial charge on any atom is 0.411 e. The van der Waals surface area contributed by atoms with Gasteiger partial charge in [-0.2, -0.15) is 13.2 Å². The number of thiazole rings is 1. The molecule has 0 atom stereocenters. The Morgan fingerprint density at radius 1 is 1.44 bits per heavy atom. The number of hydrogen-bond donors (Lipinski definition) is 1. The molecule has 1 aromatic rings. The fraction of sp³-hybridized carbons (Fsp3) is 0.727. The van der Waals surface area contributed by atoms with Crippen molar-refractivity contribution < 1.29 is 17.9 Å². The summed E-state index contributed by atoms with van der Waals surface area (Å²) >= 11 is 1.32. The highest BCUT2D eigenvalue weighted by Gasteiger charge is 2.27. The van der Waals surface area contributed by atoms with E-state index in [1.165, 1.54) is 11.3 Å². The Hall–Kier alpha value is -0.660. The van der Waals surface area contributed by atoms with Gasteiger partial charge in [0, 0.05) is 11.9 Å². The van der Waals surface area contributed by atoms with E-state index < -0.39 is 12.8 Å². The molecule has 3 nitrogen and oxygen atoms in total. The average Bonchev–Trinajstić information content (AvgIpc) is 2.63. The van der Waals surface area contributed by atoms with E-state index in [1.54, 1.807) is 0 Å². The topological polar surface area (TPSA) is 34.1 Å². The van der Waals surface area contributed by atoms with Gasteiger partial charge in [0.15, 0.2) is 0 Å². The minimum absolute atomic E-state index is 0.0889. The molecular weight excluding hydrogens is 265 g/mol. The second-order valence-corrected chi connectivity index (χ2v) is 5.31. The number of halogens is 3. The summed E-state index contributed by atoms with van der Waals surface area (Å²) < 4.78 is 40.1. The summed E-state index contributed by atoms with van der Waals surface area (Å²) in [5.74, 6) is 0.554. The van der Waals surface area contributed by atoms with Crippen molar-refractivity contribution in [3.8, 4) is 0 Å². The molecule has 0 saturated carbocycles. The largest absolute Gasteiger partial charge is 0.411 e. The number of nitrogens with one attached hydrogen (secondary N) is 1. The molecule has 0 radical (unpaired) electrons. The Morgan fingerprint density at radius 2 is 2.17 bits per heavy atom. The summed E-state index contributed by atoms with van der Waals surface area (Å²) in [6.45, 7) is 4.40. The van der Waals surface area contributed by atoms with Crippen molar-refractivity contribution in [2.75, 3.05) is 13.2 Å². The first-order valence-corrected chi connectivity index (χ1v) is 6.53. The van der Waals surface area contributed by atoms with Gasteiger partial charge in [-0.3, -0.25) is 0 Å². The highest BCUT2D eigenvalue weighted by molar-refractivity contribution is 7.09. The third-order valence-corrected chi connectivity index (χ3v) is 2.82. The molecule has 1 N–H and O–H groups in total. The van der Waals surface area contributed by atoms with Crippen LogP contribution in [-0.4, -0.2) is 24.3 Å². The quantitative estimate of drug-likeness (QED) is 0.835. The Bertz CT molecular complexity index is 352. The lowest BCUT2D eigenvalue weighted by Crippen LogP contribution is -2.19. The molecule has 0 bridgehead atoms. The minimum atomic E-state index is -4.28. The lowest BCUT2D eigenvalue weighted by Gasteiger charge is -2.06.